The summed E-state index contributed by atoms with van der Waals surface area (Å²) in [4.78, 5) is 0. The number of methoxy groups -OCH3 is 1. The van der Waals surface area contributed by atoms with Gasteiger partial charge in [0.2, 0.25) is 0 Å². The van der Waals surface area contributed by atoms with E-state index in [0.717, 1.165) is 25.9 Å². The van der Waals surface area contributed by atoms with Crippen molar-refractivity contribution in [3.05, 3.63) is 24.0 Å². The molecule has 1 aliphatic heterocycles. The number of piperidine rings is 1. The van der Waals surface area contributed by atoms with E-state index in [-0.39, 0.29) is 17.7 Å². The first-order valence-electron chi connectivity index (χ1n) is 5.50. The molecule has 1 fully saturated rings. The van der Waals surface area contributed by atoms with Crippen molar-refractivity contribution in [3.8, 4) is 11.5 Å². The third-order valence-electron chi connectivity index (χ3n) is 2.68. The van der Waals surface area contributed by atoms with E-state index in [1.165, 1.54) is 13.2 Å². The van der Waals surface area contributed by atoms with Crippen LogP contribution in [0.1, 0.15) is 12.8 Å². The minimum atomic E-state index is -0.385. The van der Waals surface area contributed by atoms with Crippen LogP contribution in [0.3, 0.4) is 0 Å². The summed E-state index contributed by atoms with van der Waals surface area (Å²) in [5.41, 5.74) is 0. The summed E-state index contributed by atoms with van der Waals surface area (Å²) < 4.78 is 23.9. The molecule has 0 aromatic heterocycles. The van der Waals surface area contributed by atoms with Crippen LogP contribution in [0.4, 0.5) is 4.39 Å². The molecule has 16 heavy (non-hydrogen) atoms. The first-order chi connectivity index (χ1) is 7.79. The minimum absolute atomic E-state index is 0.140. The zero-order valence-electron chi connectivity index (χ0n) is 9.33. The van der Waals surface area contributed by atoms with E-state index < -0.39 is 0 Å². The molecule has 4 heteroatoms. The minimum Gasteiger partial charge on any atom is -0.494 e. The molecule has 3 nitrogen and oxygen atoms in total. The van der Waals surface area contributed by atoms with E-state index in [1.54, 1.807) is 12.1 Å². The third-order valence-corrected chi connectivity index (χ3v) is 2.68. The van der Waals surface area contributed by atoms with Gasteiger partial charge >= 0.3 is 0 Å². The van der Waals surface area contributed by atoms with Gasteiger partial charge in [-0.15, -0.1) is 0 Å². The second-order valence-corrected chi connectivity index (χ2v) is 3.88. The van der Waals surface area contributed by atoms with Crippen molar-refractivity contribution in [3.63, 3.8) is 0 Å². The molecule has 1 atom stereocenters. The first kappa shape index (κ1) is 11.2. The van der Waals surface area contributed by atoms with Crippen LogP contribution in [-0.4, -0.2) is 26.3 Å². The van der Waals surface area contributed by atoms with Gasteiger partial charge in [-0.3, -0.25) is 0 Å². The number of hydrogen-bond donors (Lipinski definition) is 1. The Labute approximate surface area is 94.6 Å². The molecular formula is C12H16FNO2. The largest absolute Gasteiger partial charge is 0.494 e. The Bertz CT molecular complexity index is 351. The van der Waals surface area contributed by atoms with E-state index >= 15 is 0 Å². The number of benzene rings is 1. The molecule has 1 heterocycles. The second kappa shape index (κ2) is 5.16. The molecule has 0 radical (unpaired) electrons. The highest BCUT2D eigenvalue weighted by atomic mass is 19.1. The highest BCUT2D eigenvalue weighted by Crippen LogP contribution is 2.23. The van der Waals surface area contributed by atoms with Gasteiger partial charge in [0.15, 0.2) is 11.6 Å². The highest BCUT2D eigenvalue weighted by molar-refractivity contribution is 5.33. The fraction of sp³-hybridized carbons (Fsp3) is 0.500. The quantitative estimate of drug-likeness (QED) is 0.853. The van der Waals surface area contributed by atoms with Crippen molar-refractivity contribution in [1.29, 1.82) is 0 Å². The molecule has 0 spiro atoms. The zero-order chi connectivity index (χ0) is 11.4. The summed E-state index contributed by atoms with van der Waals surface area (Å²) >= 11 is 0. The predicted molar refractivity (Wildman–Crippen MR) is 59.5 cm³/mol. The van der Waals surface area contributed by atoms with E-state index in [0.29, 0.717) is 5.75 Å². The first-order valence-corrected chi connectivity index (χ1v) is 5.50. The lowest BCUT2D eigenvalue weighted by atomic mass is 10.1. The third kappa shape index (κ3) is 2.64. The number of ether oxygens (including phenoxy) is 2. The van der Waals surface area contributed by atoms with Crippen LogP contribution >= 0.6 is 0 Å². The molecule has 1 aromatic rings. The van der Waals surface area contributed by atoms with Gasteiger partial charge in [0.25, 0.3) is 0 Å². The molecule has 1 N–H and O–H groups in total. The van der Waals surface area contributed by atoms with Crippen molar-refractivity contribution in [1.82, 2.24) is 5.32 Å². The smallest absolute Gasteiger partial charge is 0.168 e. The lowest BCUT2D eigenvalue weighted by Gasteiger charge is -2.24. The molecule has 1 aliphatic rings. The van der Waals surface area contributed by atoms with Crippen LogP contribution in [0, 0.1) is 5.82 Å². The van der Waals surface area contributed by atoms with Gasteiger partial charge in [0, 0.05) is 12.6 Å². The van der Waals surface area contributed by atoms with Gasteiger partial charge in [-0.25, -0.2) is 4.39 Å². The predicted octanol–water partition coefficient (Wildman–Crippen LogP) is 1.97. The second-order valence-electron chi connectivity index (χ2n) is 3.88. The number of hydrogen-bond acceptors (Lipinski definition) is 3. The van der Waals surface area contributed by atoms with Crippen molar-refractivity contribution < 1.29 is 13.9 Å². The van der Waals surface area contributed by atoms with Crippen molar-refractivity contribution >= 4 is 0 Å². The summed E-state index contributed by atoms with van der Waals surface area (Å²) in [5.74, 6) is 0.421. The Morgan fingerprint density at radius 1 is 1.44 bits per heavy atom. The van der Waals surface area contributed by atoms with Crippen LogP contribution in [-0.2, 0) is 0 Å². The molecule has 0 aliphatic carbocycles. The average Bonchev–Trinajstić information content (AvgIpc) is 2.31. The summed E-state index contributed by atoms with van der Waals surface area (Å²) in [6.07, 6.45) is 2.26. The van der Waals surface area contributed by atoms with Crippen molar-refractivity contribution in [2.24, 2.45) is 0 Å². The van der Waals surface area contributed by atoms with Crippen LogP contribution in [0.2, 0.25) is 0 Å². The monoisotopic (exact) mass is 225 g/mol. The van der Waals surface area contributed by atoms with Crippen molar-refractivity contribution in [2.45, 2.75) is 18.9 Å². The number of nitrogens with one attached hydrogen (secondary N) is 1. The van der Waals surface area contributed by atoms with Crippen LogP contribution < -0.4 is 14.8 Å². The summed E-state index contributed by atoms with van der Waals surface area (Å²) in [6, 6.07) is 4.69. The molecule has 0 saturated carbocycles. The summed E-state index contributed by atoms with van der Waals surface area (Å²) in [5, 5.41) is 3.25. The summed E-state index contributed by atoms with van der Waals surface area (Å²) in [6.45, 7) is 1.87. The number of halogens is 1. The lowest BCUT2D eigenvalue weighted by molar-refractivity contribution is 0.166. The van der Waals surface area contributed by atoms with Crippen LogP contribution in [0.25, 0.3) is 0 Å². The van der Waals surface area contributed by atoms with Crippen LogP contribution in [0.5, 0.6) is 11.5 Å². The molecule has 2 rings (SSSR count). The molecule has 1 aromatic carbocycles. The molecule has 1 unspecified atom stereocenters. The Kier molecular flexibility index (Phi) is 3.62. The Hall–Kier alpha value is -1.29. The van der Waals surface area contributed by atoms with E-state index in [2.05, 4.69) is 5.32 Å². The van der Waals surface area contributed by atoms with E-state index in [1.807, 2.05) is 0 Å². The van der Waals surface area contributed by atoms with E-state index in [9.17, 15) is 4.39 Å². The fourth-order valence-electron chi connectivity index (χ4n) is 1.83. The fourth-order valence-corrected chi connectivity index (χ4v) is 1.83. The maximum absolute atomic E-state index is 13.4. The molecule has 1 saturated heterocycles. The van der Waals surface area contributed by atoms with Gasteiger partial charge in [-0.2, -0.15) is 0 Å². The van der Waals surface area contributed by atoms with Gasteiger partial charge in [-0.05, 0) is 31.5 Å². The normalized spacial score (nSPS) is 20.5. The SMILES string of the molecule is COc1ccc(OC2CCCNC2)cc1F. The maximum Gasteiger partial charge on any atom is 0.168 e. The van der Waals surface area contributed by atoms with Gasteiger partial charge in [-0.1, -0.05) is 0 Å². The Morgan fingerprint density at radius 3 is 2.94 bits per heavy atom. The van der Waals surface area contributed by atoms with Gasteiger partial charge in [0.1, 0.15) is 11.9 Å². The van der Waals surface area contributed by atoms with Gasteiger partial charge < -0.3 is 14.8 Å². The summed E-state index contributed by atoms with van der Waals surface area (Å²) in [7, 11) is 1.45. The molecular weight excluding hydrogens is 209 g/mol. The zero-order valence-corrected chi connectivity index (χ0v) is 9.33. The Balaban J connectivity index is 2.01. The molecule has 0 amide bonds. The molecule has 88 valence electrons. The van der Waals surface area contributed by atoms with Crippen molar-refractivity contribution in [2.75, 3.05) is 20.2 Å². The highest BCUT2D eigenvalue weighted by Gasteiger charge is 2.15. The van der Waals surface area contributed by atoms with E-state index in [4.69, 9.17) is 9.47 Å². The lowest BCUT2D eigenvalue weighted by Crippen LogP contribution is -2.37. The molecule has 0 bridgehead atoms. The number of rotatable bonds is 3. The maximum atomic E-state index is 13.4. The average molecular weight is 225 g/mol. The Morgan fingerprint density at radius 2 is 2.31 bits per heavy atom. The standard InChI is InChI=1S/C12H16FNO2/c1-15-12-5-4-9(7-11(12)13)16-10-3-2-6-14-8-10/h4-5,7,10,14H,2-3,6,8H2,1H3. The van der Waals surface area contributed by atoms with Crippen LogP contribution in [0.15, 0.2) is 18.2 Å². The van der Waals surface area contributed by atoms with Gasteiger partial charge in [0.05, 0.1) is 7.11 Å². The topological polar surface area (TPSA) is 30.5 Å².